The molecule has 12 heteroatoms. The van der Waals surface area contributed by atoms with Crippen molar-refractivity contribution in [1.29, 1.82) is 0 Å². The largest absolute Gasteiger partial charge is 0.493 e. The van der Waals surface area contributed by atoms with Gasteiger partial charge >= 0.3 is 5.69 Å². The molecule has 1 fully saturated rings. The molecule has 0 spiro atoms. The lowest BCUT2D eigenvalue weighted by atomic mass is 10.2. The van der Waals surface area contributed by atoms with E-state index in [4.69, 9.17) is 4.74 Å². The number of nitrogens with zero attached hydrogens (tertiary/aromatic N) is 5. The van der Waals surface area contributed by atoms with Gasteiger partial charge in [0.15, 0.2) is 5.65 Å². The maximum atomic E-state index is 13.5. The summed E-state index contributed by atoms with van der Waals surface area (Å²) in [6.45, 7) is 11.9. The third kappa shape index (κ3) is 5.23. The van der Waals surface area contributed by atoms with Gasteiger partial charge < -0.3 is 14.6 Å². The van der Waals surface area contributed by atoms with Gasteiger partial charge in [0.2, 0.25) is 10.0 Å². The first kappa shape index (κ1) is 27.1. The van der Waals surface area contributed by atoms with E-state index in [-0.39, 0.29) is 27.8 Å². The Morgan fingerprint density at radius 1 is 1.11 bits per heavy atom. The summed E-state index contributed by atoms with van der Waals surface area (Å²) in [7, 11) is -2.32. The quantitative estimate of drug-likeness (QED) is 0.446. The zero-order valence-electron chi connectivity index (χ0n) is 22.2. The fourth-order valence-electron chi connectivity index (χ4n) is 4.52. The standard InChI is InChI=1S/C25H36N6O5S/c1-6-14-36-20-9-8-18(37(34,35)30-12-10-29(7-2)11-13-30)15-19(20)22-26-21-23(27-22)31(16-17(3)4)25(33)28(5)24(21)32/h8-9,15,17H,6-7,10-14,16H2,1-5H3,(H,26,27). The fourth-order valence-corrected chi connectivity index (χ4v) is 5.97. The lowest BCUT2D eigenvalue weighted by molar-refractivity contribution is 0.196. The number of H-pyrrole nitrogens is 1. The van der Waals surface area contributed by atoms with E-state index in [0.29, 0.717) is 50.6 Å². The molecule has 0 atom stereocenters. The molecule has 1 aromatic carbocycles. The van der Waals surface area contributed by atoms with Crippen molar-refractivity contribution in [2.45, 2.75) is 45.6 Å². The summed E-state index contributed by atoms with van der Waals surface area (Å²) in [5.74, 6) is 0.864. The van der Waals surface area contributed by atoms with Gasteiger partial charge in [-0.15, -0.1) is 0 Å². The molecule has 3 aromatic rings. The first-order valence-electron chi connectivity index (χ1n) is 12.8. The van der Waals surface area contributed by atoms with Crippen molar-refractivity contribution in [3.05, 3.63) is 39.0 Å². The van der Waals surface area contributed by atoms with Crippen LogP contribution in [0.25, 0.3) is 22.6 Å². The van der Waals surface area contributed by atoms with Crippen molar-refractivity contribution in [1.82, 2.24) is 28.3 Å². The zero-order valence-corrected chi connectivity index (χ0v) is 23.0. The van der Waals surface area contributed by atoms with Gasteiger partial charge in [-0.1, -0.05) is 27.7 Å². The van der Waals surface area contributed by atoms with Crippen LogP contribution >= 0.6 is 0 Å². The Balaban J connectivity index is 1.85. The number of aromatic amines is 1. The second-order valence-electron chi connectivity index (χ2n) is 9.78. The number of hydrogen-bond acceptors (Lipinski definition) is 7. The second kappa shape index (κ2) is 10.8. The van der Waals surface area contributed by atoms with E-state index in [1.165, 1.54) is 15.9 Å². The van der Waals surface area contributed by atoms with Crippen LogP contribution in [0.2, 0.25) is 0 Å². The van der Waals surface area contributed by atoms with E-state index in [9.17, 15) is 18.0 Å². The van der Waals surface area contributed by atoms with Crippen LogP contribution in [-0.4, -0.2) is 76.1 Å². The topological polar surface area (TPSA) is 123 Å². The highest BCUT2D eigenvalue weighted by molar-refractivity contribution is 7.89. The van der Waals surface area contributed by atoms with Crippen LogP contribution in [0.3, 0.4) is 0 Å². The van der Waals surface area contributed by atoms with Crippen LogP contribution in [0.5, 0.6) is 5.75 Å². The van der Waals surface area contributed by atoms with Gasteiger partial charge in [-0.05, 0) is 37.1 Å². The predicted molar refractivity (Wildman–Crippen MR) is 143 cm³/mol. The SMILES string of the molecule is CCCOc1ccc(S(=O)(=O)N2CCN(CC)CC2)cc1-c1nc2c([nH]1)c(=O)n(C)c(=O)n2CC(C)C. The minimum Gasteiger partial charge on any atom is -0.493 e. The highest BCUT2D eigenvalue weighted by Crippen LogP contribution is 2.33. The summed E-state index contributed by atoms with van der Waals surface area (Å²) in [5, 5.41) is 0. The lowest BCUT2D eigenvalue weighted by Gasteiger charge is -2.33. The maximum Gasteiger partial charge on any atom is 0.332 e. The maximum absolute atomic E-state index is 13.5. The first-order valence-corrected chi connectivity index (χ1v) is 14.2. The van der Waals surface area contributed by atoms with Crippen molar-refractivity contribution >= 4 is 21.2 Å². The van der Waals surface area contributed by atoms with Gasteiger partial charge in [0.25, 0.3) is 5.56 Å². The molecule has 37 heavy (non-hydrogen) atoms. The molecule has 202 valence electrons. The van der Waals surface area contributed by atoms with Crippen molar-refractivity contribution in [3.8, 4) is 17.1 Å². The fraction of sp³-hybridized carbons (Fsp3) is 0.560. The Bertz CT molecular complexity index is 1500. The summed E-state index contributed by atoms with van der Waals surface area (Å²) in [5.41, 5.74) is -0.101. The summed E-state index contributed by atoms with van der Waals surface area (Å²) >= 11 is 0. The minimum atomic E-state index is -3.75. The third-order valence-corrected chi connectivity index (χ3v) is 8.50. The molecule has 11 nitrogen and oxygen atoms in total. The molecule has 3 heterocycles. The van der Waals surface area contributed by atoms with Crippen LogP contribution in [-0.2, 0) is 23.6 Å². The Kier molecular flexibility index (Phi) is 7.91. The monoisotopic (exact) mass is 532 g/mol. The number of ether oxygens (including phenoxy) is 1. The predicted octanol–water partition coefficient (Wildman–Crippen LogP) is 1.86. The summed E-state index contributed by atoms with van der Waals surface area (Å²) in [4.78, 5) is 35.8. The molecule has 0 bridgehead atoms. The summed E-state index contributed by atoms with van der Waals surface area (Å²) in [6.07, 6.45) is 0.760. The molecule has 0 amide bonds. The molecular weight excluding hydrogens is 496 g/mol. The Morgan fingerprint density at radius 2 is 1.81 bits per heavy atom. The molecule has 0 aliphatic carbocycles. The number of imidazole rings is 1. The minimum absolute atomic E-state index is 0.129. The second-order valence-corrected chi connectivity index (χ2v) is 11.7. The number of piperazine rings is 1. The van der Waals surface area contributed by atoms with Gasteiger partial charge in [0, 0.05) is 39.8 Å². The smallest absolute Gasteiger partial charge is 0.332 e. The van der Waals surface area contributed by atoms with Crippen LogP contribution in [0.4, 0.5) is 0 Å². The average molecular weight is 533 g/mol. The molecule has 0 unspecified atom stereocenters. The number of aromatic nitrogens is 4. The van der Waals surface area contributed by atoms with E-state index in [1.807, 2.05) is 20.8 Å². The van der Waals surface area contributed by atoms with Gasteiger partial charge in [0.1, 0.15) is 17.1 Å². The van der Waals surface area contributed by atoms with Crippen LogP contribution in [0.15, 0.2) is 32.7 Å². The van der Waals surface area contributed by atoms with Gasteiger partial charge in [-0.2, -0.15) is 4.31 Å². The van der Waals surface area contributed by atoms with Crippen molar-refractivity contribution < 1.29 is 13.2 Å². The molecule has 1 saturated heterocycles. The number of nitrogens with one attached hydrogen (secondary N) is 1. The third-order valence-electron chi connectivity index (χ3n) is 6.61. The number of likely N-dealkylation sites (N-methyl/N-ethyl adjacent to an activating group) is 1. The molecular formula is C25H36N6O5S. The van der Waals surface area contributed by atoms with E-state index >= 15 is 0 Å². The molecule has 4 rings (SSSR count). The molecule has 1 N–H and O–H groups in total. The van der Waals surface area contributed by atoms with Crippen molar-refractivity contribution in [2.75, 3.05) is 39.3 Å². The summed E-state index contributed by atoms with van der Waals surface area (Å²) < 4.78 is 37.0. The molecule has 1 aliphatic heterocycles. The van der Waals surface area contributed by atoms with Crippen molar-refractivity contribution in [3.63, 3.8) is 0 Å². The highest BCUT2D eigenvalue weighted by atomic mass is 32.2. The van der Waals surface area contributed by atoms with E-state index in [1.54, 1.807) is 18.2 Å². The van der Waals surface area contributed by atoms with Crippen LogP contribution in [0.1, 0.15) is 34.1 Å². The molecule has 0 radical (unpaired) electrons. The number of sulfonamides is 1. The average Bonchev–Trinajstić information content (AvgIpc) is 3.34. The Labute approximate surface area is 216 Å². The lowest BCUT2D eigenvalue weighted by Crippen LogP contribution is -2.48. The Morgan fingerprint density at radius 3 is 2.43 bits per heavy atom. The molecule has 0 saturated carbocycles. The van der Waals surface area contributed by atoms with E-state index in [2.05, 4.69) is 21.8 Å². The summed E-state index contributed by atoms with van der Waals surface area (Å²) in [6, 6.07) is 4.72. The van der Waals surface area contributed by atoms with E-state index in [0.717, 1.165) is 17.5 Å². The van der Waals surface area contributed by atoms with Crippen LogP contribution in [0, 0.1) is 5.92 Å². The molecule has 2 aromatic heterocycles. The zero-order chi connectivity index (χ0) is 26.9. The molecule has 1 aliphatic rings. The number of fused-ring (bicyclic) bond motifs is 1. The van der Waals surface area contributed by atoms with Crippen molar-refractivity contribution in [2.24, 2.45) is 13.0 Å². The Hall–Kier alpha value is -2.96. The van der Waals surface area contributed by atoms with Gasteiger partial charge in [0.05, 0.1) is 17.1 Å². The van der Waals surface area contributed by atoms with Gasteiger partial charge in [-0.25, -0.2) is 18.2 Å². The number of hydrogen-bond donors (Lipinski definition) is 1. The first-order chi connectivity index (χ1) is 17.6. The highest BCUT2D eigenvalue weighted by Gasteiger charge is 2.29. The number of benzene rings is 1. The van der Waals surface area contributed by atoms with E-state index < -0.39 is 21.3 Å². The normalized spacial score (nSPS) is 15.6. The van der Waals surface area contributed by atoms with Gasteiger partial charge in [-0.3, -0.25) is 13.9 Å². The number of rotatable bonds is 9. The van der Waals surface area contributed by atoms with Crippen LogP contribution < -0.4 is 16.0 Å².